The Balaban J connectivity index is 0.000000804. The van der Waals surface area contributed by atoms with Crippen molar-refractivity contribution in [1.82, 2.24) is 9.88 Å². The largest absolute Gasteiger partial charge is 0.822 e. The Morgan fingerprint density at radius 3 is 1.93 bits per heavy atom. The molecule has 0 bridgehead atoms. The summed E-state index contributed by atoms with van der Waals surface area (Å²) in [6, 6.07) is 16.2. The van der Waals surface area contributed by atoms with Crippen LogP contribution in [0.2, 0.25) is 0 Å². The van der Waals surface area contributed by atoms with Gasteiger partial charge < -0.3 is 25.0 Å². The first kappa shape index (κ1) is 25.9. The number of rotatable bonds is 8. The molecule has 1 amide bonds. The van der Waals surface area contributed by atoms with E-state index in [0.717, 1.165) is 12.1 Å². The van der Waals surface area contributed by atoms with E-state index in [1.807, 2.05) is 48.5 Å². The average molecular weight is 434 g/mol. The minimum absolute atomic E-state index is 0.357. The van der Waals surface area contributed by atoms with Crippen LogP contribution < -0.4 is 20.4 Å². The van der Waals surface area contributed by atoms with E-state index < -0.39 is 13.2 Å². The van der Waals surface area contributed by atoms with E-state index in [1.54, 1.807) is 6.20 Å². The monoisotopic (exact) mass is 434 g/mol. The van der Waals surface area contributed by atoms with Crippen molar-refractivity contribution in [3.63, 3.8) is 0 Å². The quantitative estimate of drug-likeness (QED) is 0.597. The van der Waals surface area contributed by atoms with Gasteiger partial charge in [-0.05, 0) is 51.8 Å². The van der Waals surface area contributed by atoms with E-state index in [0.29, 0.717) is 24.2 Å². The van der Waals surface area contributed by atoms with Gasteiger partial charge in [0.25, 0.3) is 0 Å². The lowest BCUT2D eigenvalue weighted by Gasteiger charge is -2.36. The maximum absolute atomic E-state index is 12.7. The van der Waals surface area contributed by atoms with Crippen LogP contribution in [0.25, 0.3) is 0 Å². The first-order chi connectivity index (χ1) is 13.9. The van der Waals surface area contributed by atoms with Crippen LogP contribution in [0.4, 0.5) is 0 Å². The predicted octanol–water partition coefficient (Wildman–Crippen LogP) is 0.537. The minimum Gasteiger partial charge on any atom is -0.822 e. The fourth-order valence-corrected chi connectivity index (χ4v) is 3.56. The Morgan fingerprint density at radius 2 is 1.53 bits per heavy atom. The third kappa shape index (κ3) is 7.63. The minimum atomic E-state index is -5.39. The number of pyridine rings is 1. The van der Waals surface area contributed by atoms with Crippen LogP contribution in [-0.4, -0.2) is 34.4 Å². The lowest BCUT2D eigenvalue weighted by atomic mass is 9.73. The first-order valence-electron chi connectivity index (χ1n) is 9.65. The molecular weight excluding hydrogens is 405 g/mol. The molecule has 2 aromatic rings. The van der Waals surface area contributed by atoms with Crippen molar-refractivity contribution in [3.05, 3.63) is 66.0 Å². The van der Waals surface area contributed by atoms with E-state index >= 15 is 0 Å². The lowest BCUT2D eigenvalue weighted by molar-refractivity contribution is -0.432. The molecule has 0 aliphatic carbocycles. The number of phosphoric acid groups is 1. The second-order valence-electron chi connectivity index (χ2n) is 7.47. The molecule has 1 aromatic carbocycles. The van der Waals surface area contributed by atoms with Crippen molar-refractivity contribution < 1.29 is 24.0 Å². The van der Waals surface area contributed by atoms with Crippen LogP contribution in [-0.2, 0) is 14.8 Å². The maximum Gasteiger partial charge on any atom is 0.234 e. The van der Waals surface area contributed by atoms with Crippen molar-refractivity contribution in [2.24, 2.45) is 5.73 Å². The summed E-state index contributed by atoms with van der Waals surface area (Å²) < 4.78 is 8.55. The van der Waals surface area contributed by atoms with Crippen LogP contribution in [0.3, 0.4) is 0 Å². The number of carbonyl (C=O) groups excluding carboxylic acids is 1. The fraction of sp³-hybridized carbons (Fsp3) is 0.429. The van der Waals surface area contributed by atoms with Gasteiger partial charge in [0, 0.05) is 24.8 Å². The second kappa shape index (κ2) is 11.3. The van der Waals surface area contributed by atoms with E-state index in [2.05, 4.69) is 37.6 Å². The zero-order chi connectivity index (χ0) is 22.9. The number of primary amides is 1. The van der Waals surface area contributed by atoms with Crippen LogP contribution in [0.5, 0.6) is 0 Å². The average Bonchev–Trinajstić information content (AvgIpc) is 2.64. The highest BCUT2D eigenvalue weighted by atomic mass is 31.2. The van der Waals surface area contributed by atoms with Gasteiger partial charge in [-0.15, -0.1) is 0 Å². The summed E-state index contributed by atoms with van der Waals surface area (Å²) in [7, 11) is -5.39. The Hall–Kier alpha value is -2.09. The van der Waals surface area contributed by atoms with Gasteiger partial charge in [0.1, 0.15) is 5.41 Å². The molecule has 1 unspecified atom stereocenters. The van der Waals surface area contributed by atoms with E-state index in [1.165, 1.54) is 0 Å². The smallest absolute Gasteiger partial charge is 0.234 e. The zero-order valence-corrected chi connectivity index (χ0v) is 18.6. The molecule has 8 nitrogen and oxygen atoms in total. The molecule has 2 N–H and O–H groups in total. The van der Waals surface area contributed by atoms with E-state index in [-0.39, 0.29) is 5.91 Å². The van der Waals surface area contributed by atoms with Gasteiger partial charge in [-0.1, -0.05) is 36.4 Å². The van der Waals surface area contributed by atoms with Crippen LogP contribution >= 0.6 is 7.82 Å². The number of nitrogens with zero attached hydrogens (tertiary/aromatic N) is 2. The zero-order valence-electron chi connectivity index (χ0n) is 17.7. The first-order valence-corrected chi connectivity index (χ1v) is 11.1. The van der Waals surface area contributed by atoms with Crippen molar-refractivity contribution in [3.8, 4) is 0 Å². The highest BCUT2D eigenvalue weighted by Crippen LogP contribution is 2.35. The standard InChI is InChI=1S/C21H29N3O.H3O4P/c1-16(2)24(17(3)4)15-13-21(20(22)25,18-10-6-5-7-11-18)19-12-8-9-14-23-19;1-5(2,3)4/h5-12,14,16-17H,13,15H2,1-4H3,(H2,22,25);(H3,1,2,3,4)/p-3. The Morgan fingerprint density at radius 1 is 1.03 bits per heavy atom. The summed E-state index contributed by atoms with van der Waals surface area (Å²) in [6.45, 7) is 9.47. The third-order valence-electron chi connectivity index (χ3n) is 4.86. The summed E-state index contributed by atoms with van der Waals surface area (Å²) in [5, 5.41) is 0. The van der Waals surface area contributed by atoms with Crippen LogP contribution in [0, 0.1) is 0 Å². The van der Waals surface area contributed by atoms with Gasteiger partial charge in [-0.2, -0.15) is 7.82 Å². The number of benzene rings is 1. The Bertz CT molecular complexity index is 769. The normalized spacial score (nSPS) is 13.7. The highest BCUT2D eigenvalue weighted by molar-refractivity contribution is 7.40. The van der Waals surface area contributed by atoms with Crippen molar-refractivity contribution in [2.75, 3.05) is 6.54 Å². The number of aromatic nitrogens is 1. The summed E-state index contributed by atoms with van der Waals surface area (Å²) >= 11 is 0. The van der Waals surface area contributed by atoms with Gasteiger partial charge in [-0.3, -0.25) is 14.7 Å². The molecule has 0 aliphatic heterocycles. The maximum atomic E-state index is 12.7. The van der Waals surface area contributed by atoms with Crippen LogP contribution in [0.1, 0.15) is 45.4 Å². The van der Waals surface area contributed by atoms with Crippen molar-refractivity contribution in [1.29, 1.82) is 0 Å². The molecule has 30 heavy (non-hydrogen) atoms. The molecule has 1 heterocycles. The van der Waals surface area contributed by atoms with Gasteiger partial charge in [0.15, 0.2) is 0 Å². The molecule has 0 radical (unpaired) electrons. The molecule has 2 rings (SSSR count). The molecule has 0 saturated carbocycles. The molecular formula is C21H29N3O5P-3. The van der Waals surface area contributed by atoms with Crippen molar-refractivity contribution in [2.45, 2.75) is 51.6 Å². The Kier molecular flexibility index (Phi) is 9.81. The summed E-state index contributed by atoms with van der Waals surface area (Å²) in [4.78, 5) is 45.3. The number of amides is 1. The van der Waals surface area contributed by atoms with Gasteiger partial charge in [-0.25, -0.2) is 0 Å². The second-order valence-corrected chi connectivity index (χ2v) is 8.37. The molecule has 0 aliphatic rings. The molecule has 0 spiro atoms. The van der Waals surface area contributed by atoms with Gasteiger partial charge in [0.05, 0.1) is 5.69 Å². The number of hydrogen-bond acceptors (Lipinski definition) is 7. The Labute approximate surface area is 178 Å². The van der Waals surface area contributed by atoms with Gasteiger partial charge >= 0.3 is 0 Å². The SMILES string of the molecule is CC(C)N(CCC(C(N)=O)(c1ccccc1)c1ccccn1)C(C)C.O=P([O-])([O-])[O-]. The van der Waals surface area contributed by atoms with Crippen LogP contribution in [0.15, 0.2) is 54.7 Å². The van der Waals surface area contributed by atoms with E-state index in [9.17, 15) is 4.79 Å². The fourth-order valence-electron chi connectivity index (χ4n) is 3.56. The molecule has 9 heteroatoms. The molecule has 0 saturated heterocycles. The number of hydrogen-bond donors (Lipinski definition) is 1. The molecule has 1 aromatic heterocycles. The van der Waals surface area contributed by atoms with Gasteiger partial charge in [0.2, 0.25) is 5.91 Å². The summed E-state index contributed by atoms with van der Waals surface area (Å²) in [5.41, 5.74) is 6.66. The topological polar surface area (TPSA) is 145 Å². The highest BCUT2D eigenvalue weighted by Gasteiger charge is 2.42. The van der Waals surface area contributed by atoms with E-state index in [4.69, 9.17) is 25.0 Å². The summed E-state index contributed by atoms with van der Waals surface area (Å²) in [6.07, 6.45) is 2.32. The predicted molar refractivity (Wildman–Crippen MR) is 110 cm³/mol. The molecule has 1 atom stereocenters. The molecule has 0 fully saturated rings. The third-order valence-corrected chi connectivity index (χ3v) is 4.86. The summed E-state index contributed by atoms with van der Waals surface area (Å²) in [5.74, 6) is -0.357. The number of nitrogens with two attached hydrogens (primary N) is 1. The lowest BCUT2D eigenvalue weighted by Crippen LogP contribution is -2.47. The number of carbonyl (C=O) groups is 1. The molecule has 166 valence electrons. The van der Waals surface area contributed by atoms with Crippen molar-refractivity contribution >= 4 is 13.7 Å².